The Kier molecular flexibility index (Phi) is 5.62. The molecule has 0 spiro atoms. The average molecular weight is 285 g/mol. The van der Waals surface area contributed by atoms with Crippen LogP contribution in [-0.2, 0) is 30.6 Å². The van der Waals surface area contributed by atoms with E-state index in [0.29, 0.717) is 0 Å². The molecule has 8 heavy (non-hydrogen) atoms. The SMILES string of the molecule is CC(C)(C)O[C-]=O.[W+2]. The normalized spacial score (nSPS) is 9.38. The molecule has 0 fully saturated rings. The van der Waals surface area contributed by atoms with Gasteiger partial charge in [0.25, 0.3) is 0 Å². The van der Waals surface area contributed by atoms with Crippen LogP contribution in [0, 0.1) is 0 Å². The zero-order valence-electron chi connectivity index (χ0n) is 5.22. The fraction of sp³-hybridized carbons (Fsp3) is 0.800. The standard InChI is InChI=1S/C5H9O2.W/c1-5(2,3)7-4-6;/h1-3H3;/q-1;+2. The molecule has 3 heteroatoms. The third-order valence-corrected chi connectivity index (χ3v) is 0.348. The van der Waals surface area contributed by atoms with Crippen molar-refractivity contribution in [1.82, 2.24) is 0 Å². The third kappa shape index (κ3) is 9.48. The van der Waals surface area contributed by atoms with Crippen LogP contribution in [0.15, 0.2) is 0 Å². The second-order valence-corrected chi connectivity index (χ2v) is 2.30. The Labute approximate surface area is 63.9 Å². The van der Waals surface area contributed by atoms with Crippen molar-refractivity contribution in [1.29, 1.82) is 0 Å². The summed E-state index contributed by atoms with van der Waals surface area (Å²) < 4.78 is 4.42. The van der Waals surface area contributed by atoms with E-state index in [4.69, 9.17) is 0 Å². The van der Waals surface area contributed by atoms with Gasteiger partial charge in [-0.25, -0.2) is 0 Å². The fourth-order valence-electron chi connectivity index (χ4n) is 0.125. The van der Waals surface area contributed by atoms with E-state index >= 15 is 0 Å². The molecule has 46 valence electrons. The predicted octanol–water partition coefficient (Wildman–Crippen LogP) is 0.866. The summed E-state index contributed by atoms with van der Waals surface area (Å²) in [6, 6.07) is 0. The van der Waals surface area contributed by atoms with Gasteiger partial charge in [0.15, 0.2) is 0 Å². The van der Waals surface area contributed by atoms with Gasteiger partial charge in [-0.1, -0.05) is 6.47 Å². The monoisotopic (exact) mass is 285 g/mol. The molecular weight excluding hydrogens is 276 g/mol. The first-order valence-electron chi connectivity index (χ1n) is 2.11. The molecule has 0 aromatic carbocycles. The Morgan fingerprint density at radius 2 is 1.75 bits per heavy atom. The van der Waals surface area contributed by atoms with Crippen molar-refractivity contribution in [2.75, 3.05) is 0 Å². The van der Waals surface area contributed by atoms with Gasteiger partial charge in [0, 0.05) is 0 Å². The molecule has 0 saturated carbocycles. The van der Waals surface area contributed by atoms with Crippen LogP contribution in [-0.4, -0.2) is 12.1 Å². The van der Waals surface area contributed by atoms with Gasteiger partial charge < -0.3 is 9.53 Å². The summed E-state index contributed by atoms with van der Waals surface area (Å²) in [5.41, 5.74) is -0.373. The van der Waals surface area contributed by atoms with Crippen molar-refractivity contribution < 1.29 is 30.6 Å². The second kappa shape index (κ2) is 4.08. The van der Waals surface area contributed by atoms with Crippen molar-refractivity contribution in [2.24, 2.45) is 0 Å². The minimum Gasteiger partial charge on any atom is -0.649 e. The number of hydrogen-bond donors (Lipinski definition) is 0. The number of carbonyl (C=O) groups excluding carboxylic acids is 1. The van der Waals surface area contributed by atoms with Gasteiger partial charge in [-0.05, 0) is 20.8 Å². The van der Waals surface area contributed by atoms with Crippen molar-refractivity contribution in [3.63, 3.8) is 0 Å². The Morgan fingerprint density at radius 1 is 1.38 bits per heavy atom. The molecule has 0 aromatic heterocycles. The van der Waals surface area contributed by atoms with E-state index in [9.17, 15) is 4.79 Å². The van der Waals surface area contributed by atoms with E-state index in [1.165, 1.54) is 6.47 Å². The van der Waals surface area contributed by atoms with Crippen LogP contribution in [0.25, 0.3) is 0 Å². The average Bonchev–Trinajstić information content (AvgIpc) is 1.30. The molecule has 0 amide bonds. The number of ether oxygens (including phenoxy) is 1. The molecule has 0 saturated heterocycles. The van der Waals surface area contributed by atoms with Crippen molar-refractivity contribution in [3.8, 4) is 0 Å². The van der Waals surface area contributed by atoms with Gasteiger partial charge >= 0.3 is 21.1 Å². The molecule has 0 aliphatic carbocycles. The third-order valence-electron chi connectivity index (χ3n) is 0.348. The zero-order valence-corrected chi connectivity index (χ0v) is 8.16. The van der Waals surface area contributed by atoms with E-state index in [-0.39, 0.29) is 26.7 Å². The van der Waals surface area contributed by atoms with Gasteiger partial charge in [-0.15, -0.1) is 0 Å². The van der Waals surface area contributed by atoms with Crippen molar-refractivity contribution in [3.05, 3.63) is 0 Å². The molecule has 0 atom stereocenters. The zero-order chi connectivity index (χ0) is 5.91. The maximum atomic E-state index is 9.47. The second-order valence-electron chi connectivity index (χ2n) is 2.30. The Morgan fingerprint density at radius 3 is 1.75 bits per heavy atom. The number of rotatable bonds is 1. The van der Waals surface area contributed by atoms with Gasteiger partial charge in [0.2, 0.25) is 0 Å². The van der Waals surface area contributed by atoms with Crippen LogP contribution >= 0.6 is 0 Å². The van der Waals surface area contributed by atoms with Crippen LogP contribution in [0.3, 0.4) is 0 Å². The summed E-state index contributed by atoms with van der Waals surface area (Å²) in [7, 11) is 0. The summed E-state index contributed by atoms with van der Waals surface area (Å²) in [4.78, 5) is 9.47. The van der Waals surface area contributed by atoms with Crippen LogP contribution in [0.2, 0.25) is 0 Å². The first-order valence-corrected chi connectivity index (χ1v) is 2.11. The van der Waals surface area contributed by atoms with E-state index in [0.717, 1.165) is 0 Å². The topological polar surface area (TPSA) is 26.3 Å². The van der Waals surface area contributed by atoms with Crippen LogP contribution in [0.4, 0.5) is 0 Å². The van der Waals surface area contributed by atoms with E-state index in [1.807, 2.05) is 0 Å². The number of hydrogen-bond acceptors (Lipinski definition) is 2. The first-order chi connectivity index (χ1) is 3.06. The Hall–Kier alpha value is 0.158. The summed E-state index contributed by atoms with van der Waals surface area (Å²) in [6.07, 6.45) is 0. The molecule has 2 nitrogen and oxygen atoms in total. The minimum atomic E-state index is -0.373. The fourth-order valence-corrected chi connectivity index (χ4v) is 0.125. The van der Waals surface area contributed by atoms with Gasteiger partial charge in [-0.3, -0.25) is 0 Å². The summed E-state index contributed by atoms with van der Waals surface area (Å²) >= 11 is 0. The smallest absolute Gasteiger partial charge is 0.649 e. The molecule has 0 aliphatic rings. The molecule has 0 rings (SSSR count). The molecule has 0 unspecified atom stereocenters. The van der Waals surface area contributed by atoms with Crippen molar-refractivity contribution in [2.45, 2.75) is 26.4 Å². The Balaban J connectivity index is 0. The maximum Gasteiger partial charge on any atom is 2.00 e. The van der Waals surface area contributed by atoms with E-state index < -0.39 is 0 Å². The van der Waals surface area contributed by atoms with Gasteiger partial charge in [0.1, 0.15) is 0 Å². The molecule has 0 N–H and O–H groups in total. The summed E-state index contributed by atoms with van der Waals surface area (Å²) in [5.74, 6) is 0. The van der Waals surface area contributed by atoms with Gasteiger partial charge in [-0.2, -0.15) is 0 Å². The molecule has 0 aliphatic heterocycles. The maximum absolute atomic E-state index is 9.47. The Bertz CT molecular complexity index is 65.3. The quantitative estimate of drug-likeness (QED) is 0.668. The van der Waals surface area contributed by atoms with Crippen molar-refractivity contribution >= 4 is 6.47 Å². The largest absolute Gasteiger partial charge is 2.00 e. The first kappa shape index (κ1) is 11.0. The van der Waals surface area contributed by atoms with Crippen LogP contribution in [0.1, 0.15) is 20.8 Å². The van der Waals surface area contributed by atoms with Gasteiger partial charge in [0.05, 0.1) is 5.60 Å². The molecular formula is C5H9O2W+. The molecule has 0 heterocycles. The van der Waals surface area contributed by atoms with Crippen LogP contribution in [0.5, 0.6) is 0 Å². The predicted molar refractivity (Wildman–Crippen MR) is 26.5 cm³/mol. The molecule has 0 bridgehead atoms. The molecule has 0 radical (unpaired) electrons. The summed E-state index contributed by atoms with van der Waals surface area (Å²) in [5, 5.41) is 0. The van der Waals surface area contributed by atoms with Crippen LogP contribution < -0.4 is 0 Å². The van der Waals surface area contributed by atoms with E-state index in [1.54, 1.807) is 20.8 Å². The minimum absolute atomic E-state index is 0. The molecule has 0 aromatic rings. The van der Waals surface area contributed by atoms with E-state index in [2.05, 4.69) is 4.74 Å². The summed E-state index contributed by atoms with van der Waals surface area (Å²) in [6.45, 7) is 6.73.